The maximum atomic E-state index is 11.1. The quantitative estimate of drug-likeness (QED) is 0.344. The number of benzene rings is 2. The normalized spacial score (nSPS) is 20.4. The van der Waals surface area contributed by atoms with Crippen LogP contribution in [-0.2, 0) is 22.4 Å². The molecule has 6 nitrogen and oxygen atoms in total. The molecule has 2 aromatic carbocycles. The molecule has 2 N–H and O–H groups in total. The molecule has 0 fully saturated rings. The van der Waals surface area contributed by atoms with Gasteiger partial charge in [-0.3, -0.25) is 4.79 Å². The molecule has 192 valence electrons. The zero-order valence-corrected chi connectivity index (χ0v) is 21.7. The van der Waals surface area contributed by atoms with E-state index in [1.54, 1.807) is 0 Å². The highest BCUT2D eigenvalue weighted by molar-refractivity contribution is 8.03. The van der Waals surface area contributed by atoms with Crippen LogP contribution in [0.15, 0.2) is 47.2 Å². The molecule has 0 bridgehead atoms. The van der Waals surface area contributed by atoms with Crippen molar-refractivity contribution < 1.29 is 24.1 Å². The predicted octanol–water partition coefficient (Wildman–Crippen LogP) is 6.31. The number of nitrogens with one attached hydrogen (secondary N) is 1. The molecule has 0 aromatic heterocycles. The van der Waals surface area contributed by atoms with Crippen LogP contribution in [0.1, 0.15) is 79.0 Å². The third kappa shape index (κ3) is 5.77. The fraction of sp³-hybridized carbons (Fsp3) is 0.483. The largest absolute Gasteiger partial charge is 0.493 e. The van der Waals surface area contributed by atoms with Gasteiger partial charge in [-0.2, -0.15) is 0 Å². The van der Waals surface area contributed by atoms with Gasteiger partial charge >= 0.3 is 5.97 Å². The lowest BCUT2D eigenvalue weighted by Crippen LogP contribution is -2.17. The van der Waals surface area contributed by atoms with Crippen LogP contribution in [0.3, 0.4) is 0 Å². The van der Waals surface area contributed by atoms with Crippen LogP contribution < -0.4 is 14.8 Å². The number of rotatable bonds is 11. The van der Waals surface area contributed by atoms with Crippen LogP contribution >= 0.6 is 11.8 Å². The number of hydrogen-bond donors (Lipinski definition) is 2. The van der Waals surface area contributed by atoms with E-state index in [9.17, 15) is 4.79 Å². The summed E-state index contributed by atoms with van der Waals surface area (Å²) in [5.74, 6) is 2.17. The molecule has 7 heteroatoms. The monoisotopic (exact) mass is 509 g/mol. The molecule has 5 rings (SSSR count). The Morgan fingerprint density at radius 2 is 2.06 bits per heavy atom. The second-order valence-electron chi connectivity index (χ2n) is 9.71. The van der Waals surface area contributed by atoms with E-state index >= 15 is 0 Å². The van der Waals surface area contributed by atoms with Gasteiger partial charge in [-0.1, -0.05) is 37.2 Å². The van der Waals surface area contributed by atoms with Crippen molar-refractivity contribution in [1.82, 2.24) is 5.32 Å². The molecular weight excluding hydrogens is 474 g/mol. The summed E-state index contributed by atoms with van der Waals surface area (Å²) in [6.07, 6.45) is 7.07. The lowest BCUT2D eigenvalue weighted by Gasteiger charge is -2.17. The van der Waals surface area contributed by atoms with Gasteiger partial charge in [-0.05, 0) is 84.5 Å². The Kier molecular flexibility index (Phi) is 7.95. The zero-order chi connectivity index (χ0) is 24.9. The number of carbonyl (C=O) groups is 1. The molecule has 1 unspecified atom stereocenters. The highest BCUT2D eigenvalue weighted by atomic mass is 32.2. The van der Waals surface area contributed by atoms with Gasteiger partial charge in [-0.25, -0.2) is 0 Å². The molecule has 1 aliphatic carbocycles. The van der Waals surface area contributed by atoms with Gasteiger partial charge in [0, 0.05) is 11.3 Å². The van der Waals surface area contributed by atoms with Crippen LogP contribution in [0, 0.1) is 0 Å². The fourth-order valence-electron chi connectivity index (χ4n) is 5.27. The van der Waals surface area contributed by atoms with E-state index < -0.39 is 5.97 Å². The minimum atomic E-state index is -0.732. The first kappa shape index (κ1) is 24.9. The minimum absolute atomic E-state index is 0.127. The summed E-state index contributed by atoms with van der Waals surface area (Å²) in [6.45, 7) is 4.18. The Bertz CT molecular complexity index is 1110. The van der Waals surface area contributed by atoms with E-state index in [2.05, 4.69) is 36.5 Å². The summed E-state index contributed by atoms with van der Waals surface area (Å²) in [4.78, 5) is 12.4. The molecule has 0 spiro atoms. The topological polar surface area (TPSA) is 77.0 Å². The van der Waals surface area contributed by atoms with E-state index in [1.165, 1.54) is 21.6 Å². The van der Waals surface area contributed by atoms with Gasteiger partial charge in [0.2, 0.25) is 0 Å². The minimum Gasteiger partial charge on any atom is -0.493 e. The summed E-state index contributed by atoms with van der Waals surface area (Å²) < 4.78 is 17.9. The first-order valence-corrected chi connectivity index (χ1v) is 14.0. The van der Waals surface area contributed by atoms with E-state index in [1.807, 2.05) is 23.9 Å². The van der Waals surface area contributed by atoms with Crippen LogP contribution in [-0.4, -0.2) is 30.9 Å². The van der Waals surface area contributed by atoms with Crippen LogP contribution in [0.4, 0.5) is 0 Å². The van der Waals surface area contributed by atoms with E-state index in [4.69, 9.17) is 19.3 Å². The molecule has 36 heavy (non-hydrogen) atoms. The van der Waals surface area contributed by atoms with Crippen LogP contribution in [0.5, 0.6) is 11.5 Å². The van der Waals surface area contributed by atoms with Crippen molar-refractivity contribution >= 4 is 17.7 Å². The number of fused-ring (bicyclic) bond motifs is 1. The highest BCUT2D eigenvalue weighted by Crippen LogP contribution is 2.45. The fourth-order valence-corrected chi connectivity index (χ4v) is 6.49. The van der Waals surface area contributed by atoms with E-state index in [0.717, 1.165) is 74.5 Å². The lowest BCUT2D eigenvalue weighted by atomic mass is 9.98. The van der Waals surface area contributed by atoms with Crippen molar-refractivity contribution in [2.24, 2.45) is 0 Å². The summed E-state index contributed by atoms with van der Waals surface area (Å²) in [6, 6.07) is 12.6. The molecule has 2 atom stereocenters. The number of hydrogen-bond acceptors (Lipinski definition) is 6. The number of allylic oxidation sites excluding steroid dienone is 1. The maximum Gasteiger partial charge on any atom is 0.303 e. The summed E-state index contributed by atoms with van der Waals surface area (Å²) in [5, 5.41) is 12.8. The van der Waals surface area contributed by atoms with Crippen molar-refractivity contribution in [3.63, 3.8) is 0 Å². The summed E-state index contributed by atoms with van der Waals surface area (Å²) in [7, 11) is 0. The Labute approximate surface area is 217 Å². The molecule has 2 aliphatic heterocycles. The number of carboxylic acids is 1. The molecule has 0 radical (unpaired) electrons. The summed E-state index contributed by atoms with van der Waals surface area (Å²) in [5.41, 5.74) is 4.89. The molecule has 0 amide bonds. The molecule has 2 aromatic rings. The first-order valence-electron chi connectivity index (χ1n) is 13.1. The molecular formula is C29H35NO5S. The van der Waals surface area contributed by atoms with Crippen LogP contribution in [0.2, 0.25) is 0 Å². The number of thioether (sulfide) groups is 1. The van der Waals surface area contributed by atoms with Gasteiger partial charge < -0.3 is 24.6 Å². The second-order valence-corrected chi connectivity index (χ2v) is 10.9. The van der Waals surface area contributed by atoms with E-state index in [-0.39, 0.29) is 17.7 Å². The summed E-state index contributed by atoms with van der Waals surface area (Å²) >= 11 is 1.87. The smallest absolute Gasteiger partial charge is 0.303 e. The third-order valence-corrected chi connectivity index (χ3v) is 8.33. The lowest BCUT2D eigenvalue weighted by molar-refractivity contribution is -0.137. The molecule has 3 aliphatic rings. The van der Waals surface area contributed by atoms with Crippen LogP contribution in [0.25, 0.3) is 0 Å². The van der Waals surface area contributed by atoms with Crippen molar-refractivity contribution in [3.05, 3.63) is 69.4 Å². The number of aliphatic carboxylic acids is 1. The van der Waals surface area contributed by atoms with E-state index in [0.29, 0.717) is 13.2 Å². The van der Waals surface area contributed by atoms with Crippen molar-refractivity contribution in [2.45, 2.75) is 69.6 Å². The Hall–Kier alpha value is -2.80. The van der Waals surface area contributed by atoms with Gasteiger partial charge in [-0.15, -0.1) is 0 Å². The average Bonchev–Trinajstić information content (AvgIpc) is 3.48. The molecule has 2 heterocycles. The average molecular weight is 510 g/mol. The maximum absolute atomic E-state index is 11.1. The Morgan fingerprint density at radius 3 is 2.89 bits per heavy atom. The number of carboxylic acid groups (broad SMARTS) is 1. The SMILES string of the molecule is CCCc1cc(C2NC3=C(CCCO3)S2)ccc1OCCCOc1ccc2c(c1)CC[C@H]2CC(=O)O. The second kappa shape index (κ2) is 11.5. The van der Waals surface area contributed by atoms with Gasteiger partial charge in [0.15, 0.2) is 5.88 Å². The van der Waals surface area contributed by atoms with Crippen molar-refractivity contribution in [2.75, 3.05) is 19.8 Å². The first-order chi connectivity index (χ1) is 17.6. The Balaban J connectivity index is 1.11. The van der Waals surface area contributed by atoms with Crippen molar-refractivity contribution in [1.29, 1.82) is 0 Å². The van der Waals surface area contributed by atoms with Crippen molar-refractivity contribution in [3.8, 4) is 11.5 Å². The standard InChI is InChI=1S/C29H35NO5S/c1-2-5-21-16-22(29-30-28-26(36-29)6-3-13-35-28)9-12-25(21)34-15-4-14-33-23-10-11-24-19(17-23)7-8-20(24)18-27(31)32/h9-12,16-17,20,29-30H,2-8,13-15,18H2,1H3,(H,31,32)/t20-,29?/m0/s1. The molecule has 0 saturated carbocycles. The molecule has 0 saturated heterocycles. The van der Waals surface area contributed by atoms with Gasteiger partial charge in [0.1, 0.15) is 16.9 Å². The highest BCUT2D eigenvalue weighted by Gasteiger charge is 2.29. The third-order valence-electron chi connectivity index (χ3n) is 7.03. The number of aryl methyl sites for hydroxylation is 2. The Morgan fingerprint density at radius 1 is 1.17 bits per heavy atom. The predicted molar refractivity (Wildman–Crippen MR) is 141 cm³/mol. The zero-order valence-electron chi connectivity index (χ0n) is 20.9. The van der Waals surface area contributed by atoms with Gasteiger partial charge in [0.05, 0.1) is 26.2 Å². The van der Waals surface area contributed by atoms with Gasteiger partial charge in [0.25, 0.3) is 0 Å². The number of ether oxygens (including phenoxy) is 3.